The average Bonchev–Trinajstić information content (AvgIpc) is 2.27. The van der Waals surface area contributed by atoms with Crippen LogP contribution < -0.4 is 4.72 Å². The second-order valence-electron chi connectivity index (χ2n) is 3.25. The van der Waals surface area contributed by atoms with Crippen molar-refractivity contribution in [3.05, 3.63) is 24.0 Å². The van der Waals surface area contributed by atoms with Gasteiger partial charge in [0.05, 0.1) is 4.90 Å². The van der Waals surface area contributed by atoms with Crippen molar-refractivity contribution in [1.29, 1.82) is 0 Å². The summed E-state index contributed by atoms with van der Waals surface area (Å²) in [6, 6.07) is 1.10. The first-order valence-corrected chi connectivity index (χ1v) is 7.44. The molecule has 0 aromatic heterocycles. The summed E-state index contributed by atoms with van der Waals surface area (Å²) in [6.45, 7) is 0. The Morgan fingerprint density at radius 1 is 1.11 bits per heavy atom. The topological polar surface area (TPSA) is 80.3 Å². The van der Waals surface area contributed by atoms with Crippen LogP contribution >= 0.6 is 0 Å². The second-order valence-corrected chi connectivity index (χ2v) is 7.05. The van der Waals surface area contributed by atoms with E-state index in [4.69, 9.17) is 0 Å². The third-order valence-corrected chi connectivity index (χ3v) is 4.99. The summed E-state index contributed by atoms with van der Waals surface area (Å²) in [5.74, 6) is -1.69. The highest BCUT2D eigenvalue weighted by Gasteiger charge is 2.48. The van der Waals surface area contributed by atoms with E-state index >= 15 is 0 Å². The molecule has 0 saturated heterocycles. The predicted octanol–water partition coefficient (Wildman–Crippen LogP) is 1.03. The lowest BCUT2D eigenvalue weighted by Gasteiger charge is -2.10. The lowest BCUT2D eigenvalue weighted by Crippen LogP contribution is -2.25. The Morgan fingerprint density at radius 2 is 1.63 bits per heavy atom. The normalized spacial score (nSPS) is 13.5. The van der Waals surface area contributed by atoms with E-state index in [-0.39, 0.29) is 6.07 Å². The molecule has 0 atom stereocenters. The number of hydrogen-bond acceptors (Lipinski definition) is 4. The molecule has 108 valence electrons. The monoisotopic (exact) mass is 321 g/mol. The number of sulfonamides is 1. The van der Waals surface area contributed by atoms with E-state index in [1.807, 2.05) is 0 Å². The van der Waals surface area contributed by atoms with Gasteiger partial charge in [0.1, 0.15) is 10.7 Å². The molecule has 0 unspecified atom stereocenters. The molecule has 1 aromatic rings. The summed E-state index contributed by atoms with van der Waals surface area (Å²) in [7, 11) is -9.19. The number of benzene rings is 1. The first-order valence-electron chi connectivity index (χ1n) is 4.48. The maximum atomic E-state index is 13.2. The first kappa shape index (κ1) is 15.9. The van der Waals surface area contributed by atoms with Gasteiger partial charge in [-0.3, -0.25) is 0 Å². The Labute approximate surface area is 106 Å². The maximum Gasteiger partial charge on any atom is 0.502 e. The third kappa shape index (κ3) is 2.87. The van der Waals surface area contributed by atoms with Crippen LogP contribution in [0.1, 0.15) is 0 Å². The molecule has 1 aromatic carbocycles. The fourth-order valence-corrected chi connectivity index (χ4v) is 2.79. The molecule has 0 aliphatic rings. The van der Waals surface area contributed by atoms with Crippen molar-refractivity contribution in [3.63, 3.8) is 0 Å². The van der Waals surface area contributed by atoms with Crippen molar-refractivity contribution in [2.45, 2.75) is 15.3 Å². The van der Waals surface area contributed by atoms with Gasteiger partial charge in [-0.15, -0.1) is 0 Å². The van der Waals surface area contributed by atoms with Crippen LogP contribution in [0.3, 0.4) is 0 Å². The molecule has 5 nitrogen and oxygen atoms in total. The van der Waals surface area contributed by atoms with Gasteiger partial charge in [-0.05, 0) is 25.2 Å². The van der Waals surface area contributed by atoms with Gasteiger partial charge in [-0.25, -0.2) is 25.9 Å². The molecular weight excluding hydrogens is 314 g/mol. The maximum absolute atomic E-state index is 13.2. The van der Waals surface area contributed by atoms with Gasteiger partial charge in [0.25, 0.3) is 9.84 Å². The summed E-state index contributed by atoms with van der Waals surface area (Å²) in [4.78, 5) is -2.53. The van der Waals surface area contributed by atoms with Crippen LogP contribution in [-0.4, -0.2) is 29.4 Å². The lowest BCUT2D eigenvalue weighted by molar-refractivity contribution is -0.0437. The number of halogens is 4. The van der Waals surface area contributed by atoms with E-state index in [0.717, 1.165) is 7.05 Å². The summed E-state index contributed by atoms with van der Waals surface area (Å²) >= 11 is 0. The zero-order chi connectivity index (χ0) is 15.1. The highest BCUT2D eigenvalue weighted by atomic mass is 32.2. The fraction of sp³-hybridized carbons (Fsp3) is 0.250. The Kier molecular flexibility index (Phi) is 3.94. The van der Waals surface area contributed by atoms with E-state index < -0.39 is 41.0 Å². The molecule has 0 radical (unpaired) electrons. The lowest BCUT2D eigenvalue weighted by atomic mass is 10.3. The molecule has 0 fully saturated rings. The van der Waals surface area contributed by atoms with E-state index in [2.05, 4.69) is 0 Å². The van der Waals surface area contributed by atoms with Gasteiger partial charge in [0.15, 0.2) is 0 Å². The smallest absolute Gasteiger partial charge is 0.214 e. The number of alkyl halides is 3. The number of sulfone groups is 1. The Balaban J connectivity index is 3.61. The SMILES string of the molecule is CNS(=O)(=O)c1ccc(F)c(S(=O)(=O)C(F)(F)F)c1. The molecule has 19 heavy (non-hydrogen) atoms. The van der Waals surface area contributed by atoms with E-state index in [9.17, 15) is 34.4 Å². The summed E-state index contributed by atoms with van der Waals surface area (Å²) in [5.41, 5.74) is -5.73. The molecule has 0 heterocycles. The van der Waals surface area contributed by atoms with Gasteiger partial charge >= 0.3 is 5.51 Å². The van der Waals surface area contributed by atoms with Crippen LogP contribution in [0.2, 0.25) is 0 Å². The highest BCUT2D eigenvalue weighted by Crippen LogP contribution is 2.32. The average molecular weight is 321 g/mol. The fourth-order valence-electron chi connectivity index (χ4n) is 1.10. The quantitative estimate of drug-likeness (QED) is 0.843. The Morgan fingerprint density at radius 3 is 2.05 bits per heavy atom. The van der Waals surface area contributed by atoms with Gasteiger partial charge in [0, 0.05) is 0 Å². The van der Waals surface area contributed by atoms with Crippen LogP contribution in [0.5, 0.6) is 0 Å². The number of nitrogens with one attached hydrogen (secondary N) is 1. The third-order valence-electron chi connectivity index (χ3n) is 2.08. The van der Waals surface area contributed by atoms with E-state index in [1.165, 1.54) is 0 Å². The largest absolute Gasteiger partial charge is 0.502 e. The minimum atomic E-state index is -5.97. The summed E-state index contributed by atoms with van der Waals surface area (Å²) in [6.07, 6.45) is 0. The standard InChI is InChI=1S/C8H7F4NO4S2/c1-13-19(16,17)5-2-3-6(9)7(4-5)18(14,15)8(10,11)12/h2-4,13H,1H3. The molecule has 11 heteroatoms. The van der Waals surface area contributed by atoms with Gasteiger partial charge in [-0.1, -0.05) is 0 Å². The molecule has 0 amide bonds. The minimum Gasteiger partial charge on any atom is -0.214 e. The minimum absolute atomic E-state index is 0.115. The van der Waals surface area contributed by atoms with Crippen molar-refractivity contribution in [2.24, 2.45) is 0 Å². The molecular formula is C8H7F4NO4S2. The molecule has 1 N–H and O–H groups in total. The van der Waals surface area contributed by atoms with Crippen LogP contribution in [0, 0.1) is 5.82 Å². The van der Waals surface area contributed by atoms with E-state index in [1.54, 1.807) is 4.72 Å². The summed E-state index contributed by atoms with van der Waals surface area (Å²) < 4.78 is 96.6. The van der Waals surface area contributed by atoms with Crippen molar-refractivity contribution in [1.82, 2.24) is 4.72 Å². The van der Waals surface area contributed by atoms with Crippen molar-refractivity contribution >= 4 is 19.9 Å². The first-order chi connectivity index (χ1) is 8.43. The summed E-state index contributed by atoms with van der Waals surface area (Å²) in [5, 5.41) is 0. The molecule has 0 aliphatic carbocycles. The Bertz CT molecular complexity index is 694. The van der Waals surface area contributed by atoms with Crippen molar-refractivity contribution in [3.8, 4) is 0 Å². The Hall–Kier alpha value is -1.20. The van der Waals surface area contributed by atoms with Crippen molar-refractivity contribution < 1.29 is 34.4 Å². The predicted molar refractivity (Wildman–Crippen MR) is 55.9 cm³/mol. The molecule has 1 rings (SSSR count). The van der Waals surface area contributed by atoms with Crippen LogP contribution in [0.15, 0.2) is 28.0 Å². The zero-order valence-corrected chi connectivity index (χ0v) is 10.8. The van der Waals surface area contributed by atoms with Gasteiger partial charge in [0.2, 0.25) is 10.0 Å². The number of rotatable bonds is 3. The van der Waals surface area contributed by atoms with Crippen LogP contribution in [-0.2, 0) is 19.9 Å². The highest BCUT2D eigenvalue weighted by molar-refractivity contribution is 7.92. The molecule has 0 spiro atoms. The van der Waals surface area contributed by atoms with Crippen molar-refractivity contribution in [2.75, 3.05) is 7.05 Å². The number of hydrogen-bond donors (Lipinski definition) is 1. The second kappa shape index (κ2) is 4.72. The van der Waals surface area contributed by atoms with Crippen LogP contribution in [0.25, 0.3) is 0 Å². The van der Waals surface area contributed by atoms with Gasteiger partial charge < -0.3 is 0 Å². The van der Waals surface area contributed by atoms with E-state index in [0.29, 0.717) is 12.1 Å². The molecule has 0 bridgehead atoms. The van der Waals surface area contributed by atoms with Crippen LogP contribution in [0.4, 0.5) is 17.6 Å². The zero-order valence-electron chi connectivity index (χ0n) is 9.19. The molecule has 0 aliphatic heterocycles. The molecule has 0 saturated carbocycles. The van der Waals surface area contributed by atoms with Gasteiger partial charge in [-0.2, -0.15) is 13.2 Å².